The number of likely N-dealkylation sites (tertiary alicyclic amines) is 2. The molecule has 2 heterocycles. The number of amides is 1. The van der Waals surface area contributed by atoms with E-state index in [-0.39, 0.29) is 11.7 Å². The normalized spacial score (nSPS) is 23.3. The van der Waals surface area contributed by atoms with Crippen molar-refractivity contribution in [2.24, 2.45) is 0 Å². The number of carbonyl (C=O) groups excluding carboxylic acids is 1. The molecule has 27 heavy (non-hydrogen) atoms. The van der Waals surface area contributed by atoms with Gasteiger partial charge in [-0.3, -0.25) is 9.69 Å². The van der Waals surface area contributed by atoms with Crippen LogP contribution in [0, 0.1) is 5.82 Å². The zero-order valence-electron chi connectivity index (χ0n) is 15.3. The fraction of sp³-hybridized carbons (Fsp3) is 0.409. The maximum Gasteiger partial charge on any atom is 0.243 e. The lowest BCUT2D eigenvalue weighted by Gasteiger charge is -2.44. The number of nitrogens with zero attached hydrogens (tertiary/aromatic N) is 2. The molecule has 0 N–H and O–H groups in total. The van der Waals surface area contributed by atoms with E-state index < -0.39 is 5.54 Å². The summed E-state index contributed by atoms with van der Waals surface area (Å²) in [4.78, 5) is 17.6. The number of piperidine rings is 1. The minimum absolute atomic E-state index is 0.199. The molecule has 0 saturated carbocycles. The highest BCUT2D eigenvalue weighted by Gasteiger charge is 2.50. The molecule has 142 valence electrons. The Kier molecular flexibility index (Phi) is 5.20. The third-order valence-electron chi connectivity index (χ3n) is 5.92. The summed E-state index contributed by atoms with van der Waals surface area (Å²) in [6.07, 6.45) is 3.66. The van der Waals surface area contributed by atoms with Gasteiger partial charge in [-0.05, 0) is 49.9 Å². The van der Waals surface area contributed by atoms with Crippen LogP contribution in [0.5, 0.6) is 0 Å². The Morgan fingerprint density at radius 3 is 2.48 bits per heavy atom. The predicted octanol–water partition coefficient (Wildman–Crippen LogP) is 4.64. The van der Waals surface area contributed by atoms with Crippen LogP contribution < -0.4 is 0 Å². The number of halogens is 2. The van der Waals surface area contributed by atoms with Crippen LogP contribution in [0.3, 0.4) is 0 Å². The molecule has 0 aromatic heterocycles. The average Bonchev–Trinajstić information content (AvgIpc) is 3.05. The van der Waals surface area contributed by atoms with Crippen molar-refractivity contribution in [1.82, 2.24) is 9.80 Å². The second-order valence-electron chi connectivity index (χ2n) is 7.61. The first-order valence-corrected chi connectivity index (χ1v) is 9.99. The third-order valence-corrected chi connectivity index (χ3v) is 6.16. The monoisotopic (exact) mass is 386 g/mol. The number of carbonyl (C=O) groups is 1. The van der Waals surface area contributed by atoms with Gasteiger partial charge >= 0.3 is 0 Å². The highest BCUT2D eigenvalue weighted by molar-refractivity contribution is 6.30. The van der Waals surface area contributed by atoms with Crippen LogP contribution in [0.15, 0.2) is 48.5 Å². The van der Waals surface area contributed by atoms with Crippen LogP contribution >= 0.6 is 11.6 Å². The third kappa shape index (κ3) is 3.61. The van der Waals surface area contributed by atoms with Gasteiger partial charge in [0, 0.05) is 30.2 Å². The largest absolute Gasteiger partial charge is 0.337 e. The van der Waals surface area contributed by atoms with Crippen LogP contribution in [0.4, 0.5) is 4.39 Å². The van der Waals surface area contributed by atoms with Gasteiger partial charge in [-0.1, -0.05) is 48.0 Å². The second kappa shape index (κ2) is 7.61. The van der Waals surface area contributed by atoms with E-state index in [9.17, 15) is 9.18 Å². The topological polar surface area (TPSA) is 23.6 Å². The molecule has 2 aromatic rings. The predicted molar refractivity (Wildman–Crippen MR) is 105 cm³/mol. The second-order valence-corrected chi connectivity index (χ2v) is 8.04. The summed E-state index contributed by atoms with van der Waals surface area (Å²) < 4.78 is 14.3. The Morgan fingerprint density at radius 1 is 1.00 bits per heavy atom. The van der Waals surface area contributed by atoms with Gasteiger partial charge in [-0.25, -0.2) is 4.39 Å². The Bertz CT molecular complexity index is 828. The van der Waals surface area contributed by atoms with Crippen LogP contribution in [0.1, 0.15) is 36.8 Å². The summed E-state index contributed by atoms with van der Waals surface area (Å²) in [5.74, 6) is -0.0987. The molecule has 2 saturated heterocycles. The molecule has 2 fully saturated rings. The van der Waals surface area contributed by atoms with Crippen molar-refractivity contribution >= 4 is 17.5 Å². The van der Waals surface area contributed by atoms with Gasteiger partial charge in [-0.15, -0.1) is 0 Å². The van der Waals surface area contributed by atoms with Crippen molar-refractivity contribution < 1.29 is 9.18 Å². The van der Waals surface area contributed by atoms with Crippen LogP contribution in [-0.2, 0) is 17.9 Å². The summed E-state index contributed by atoms with van der Waals surface area (Å²) in [7, 11) is 0. The first kappa shape index (κ1) is 18.5. The number of benzene rings is 2. The SMILES string of the molecule is O=C1N(Cc2ccccc2)CCCC12CCCN2Cc1ccc(Cl)cc1F. The highest BCUT2D eigenvalue weighted by Crippen LogP contribution is 2.39. The molecular formula is C22H24ClFN2O. The Balaban J connectivity index is 1.55. The average molecular weight is 387 g/mol. The summed E-state index contributed by atoms with van der Waals surface area (Å²) >= 11 is 5.88. The van der Waals surface area contributed by atoms with E-state index in [4.69, 9.17) is 11.6 Å². The zero-order chi connectivity index (χ0) is 18.9. The molecule has 4 rings (SSSR count). The summed E-state index contributed by atoms with van der Waals surface area (Å²) in [5.41, 5.74) is 1.27. The number of hydrogen-bond donors (Lipinski definition) is 0. The quantitative estimate of drug-likeness (QED) is 0.764. The molecule has 2 aromatic carbocycles. The maximum atomic E-state index is 14.3. The molecule has 0 bridgehead atoms. The van der Waals surface area contributed by atoms with Crippen LogP contribution in [0.25, 0.3) is 0 Å². The molecule has 1 spiro atoms. The van der Waals surface area contributed by atoms with Gasteiger partial charge in [0.1, 0.15) is 11.4 Å². The number of rotatable bonds is 4. The van der Waals surface area contributed by atoms with Gasteiger partial charge < -0.3 is 4.90 Å². The van der Waals surface area contributed by atoms with E-state index in [1.54, 1.807) is 12.1 Å². The van der Waals surface area contributed by atoms with E-state index in [0.717, 1.165) is 44.3 Å². The van der Waals surface area contributed by atoms with E-state index in [1.165, 1.54) is 6.07 Å². The fourth-order valence-electron chi connectivity index (χ4n) is 4.57. The van der Waals surface area contributed by atoms with E-state index in [2.05, 4.69) is 17.0 Å². The first-order valence-electron chi connectivity index (χ1n) is 9.61. The summed E-state index contributed by atoms with van der Waals surface area (Å²) in [6.45, 7) is 2.71. The Hall–Kier alpha value is -1.91. The van der Waals surface area contributed by atoms with Gasteiger partial charge in [0.05, 0.1) is 0 Å². The van der Waals surface area contributed by atoms with Gasteiger partial charge in [0.15, 0.2) is 0 Å². The lowest BCUT2D eigenvalue weighted by Crippen LogP contribution is -2.59. The highest BCUT2D eigenvalue weighted by atomic mass is 35.5. The maximum absolute atomic E-state index is 14.3. The van der Waals surface area contributed by atoms with Gasteiger partial charge in [0.25, 0.3) is 0 Å². The van der Waals surface area contributed by atoms with Crippen molar-refractivity contribution in [1.29, 1.82) is 0 Å². The lowest BCUT2D eigenvalue weighted by atomic mass is 9.85. The number of hydrogen-bond acceptors (Lipinski definition) is 2. The minimum Gasteiger partial charge on any atom is -0.337 e. The molecule has 0 radical (unpaired) electrons. The molecule has 1 amide bonds. The van der Waals surface area contributed by atoms with Crippen molar-refractivity contribution in [3.63, 3.8) is 0 Å². The Labute approximate surface area is 164 Å². The smallest absolute Gasteiger partial charge is 0.243 e. The van der Waals surface area contributed by atoms with Crippen LogP contribution in [0.2, 0.25) is 5.02 Å². The van der Waals surface area contributed by atoms with Gasteiger partial charge in [-0.2, -0.15) is 0 Å². The lowest BCUT2D eigenvalue weighted by molar-refractivity contribution is -0.148. The van der Waals surface area contributed by atoms with Crippen molar-refractivity contribution in [3.05, 3.63) is 70.5 Å². The minimum atomic E-state index is -0.487. The molecule has 5 heteroatoms. The molecule has 1 atom stereocenters. The summed E-state index contributed by atoms with van der Waals surface area (Å²) in [5, 5.41) is 0.398. The van der Waals surface area contributed by atoms with E-state index in [0.29, 0.717) is 23.7 Å². The molecule has 0 aliphatic carbocycles. The Morgan fingerprint density at radius 2 is 1.74 bits per heavy atom. The first-order chi connectivity index (χ1) is 13.1. The van der Waals surface area contributed by atoms with Gasteiger partial charge in [0.2, 0.25) is 5.91 Å². The molecule has 2 aliphatic heterocycles. The fourth-order valence-corrected chi connectivity index (χ4v) is 4.72. The molecule has 2 aliphatic rings. The van der Waals surface area contributed by atoms with Crippen molar-refractivity contribution in [2.45, 2.75) is 44.3 Å². The van der Waals surface area contributed by atoms with Crippen molar-refractivity contribution in [3.8, 4) is 0 Å². The summed E-state index contributed by atoms with van der Waals surface area (Å²) in [6, 6.07) is 14.9. The van der Waals surface area contributed by atoms with Crippen LogP contribution in [-0.4, -0.2) is 34.3 Å². The standard InChI is InChI=1S/C22H24ClFN2O/c23-19-9-8-18(20(24)14-19)16-26-13-5-11-22(26)10-4-12-25(21(22)27)15-17-6-2-1-3-7-17/h1-3,6-9,14H,4-5,10-13,15-16H2. The molecule has 1 unspecified atom stereocenters. The van der Waals surface area contributed by atoms with E-state index >= 15 is 0 Å². The van der Waals surface area contributed by atoms with E-state index in [1.807, 2.05) is 23.1 Å². The van der Waals surface area contributed by atoms with Crippen molar-refractivity contribution in [2.75, 3.05) is 13.1 Å². The molecule has 3 nitrogen and oxygen atoms in total. The zero-order valence-corrected chi connectivity index (χ0v) is 16.1. The molecular weight excluding hydrogens is 363 g/mol.